The Morgan fingerprint density at radius 3 is 2.85 bits per heavy atom. The van der Waals surface area contributed by atoms with Crippen molar-refractivity contribution in [2.75, 3.05) is 26.0 Å². The molecule has 0 aliphatic carbocycles. The van der Waals surface area contributed by atoms with E-state index < -0.39 is 0 Å². The molecule has 2 atom stereocenters. The van der Waals surface area contributed by atoms with Crippen molar-refractivity contribution in [2.24, 2.45) is 0 Å². The quantitative estimate of drug-likeness (QED) is 0.679. The molecule has 0 saturated carbocycles. The van der Waals surface area contributed by atoms with E-state index in [1.54, 1.807) is 36.6 Å². The van der Waals surface area contributed by atoms with Gasteiger partial charge >= 0.3 is 0 Å². The van der Waals surface area contributed by atoms with Gasteiger partial charge in [0, 0.05) is 5.02 Å². The molecule has 0 bridgehead atoms. The second-order valence-electron chi connectivity index (χ2n) is 6.16. The number of benzene rings is 2. The molecule has 26 heavy (non-hydrogen) atoms. The number of nitrogens with zero attached hydrogens (tertiary/aromatic N) is 1. The van der Waals surface area contributed by atoms with Gasteiger partial charge in [0.05, 0.1) is 30.1 Å². The Labute approximate surface area is 161 Å². The minimum Gasteiger partial charge on any atom is -0.495 e. The number of halogens is 1. The number of thiazole rings is 1. The van der Waals surface area contributed by atoms with E-state index in [2.05, 4.69) is 18.3 Å². The number of para-hydroxylation sites is 1. The summed E-state index contributed by atoms with van der Waals surface area (Å²) in [5.74, 6) is 0.482. The topological polar surface area (TPSA) is 55.7 Å². The predicted molar refractivity (Wildman–Crippen MR) is 106 cm³/mol. The van der Waals surface area contributed by atoms with Crippen molar-refractivity contribution in [1.82, 2.24) is 4.98 Å². The smallest absolute Gasteiger partial charge is 0.279 e. The maximum atomic E-state index is 12.5. The van der Waals surface area contributed by atoms with Crippen LogP contribution in [0.4, 0.5) is 5.69 Å². The third-order valence-corrected chi connectivity index (χ3v) is 5.75. The molecule has 2 aromatic carbocycles. The van der Waals surface area contributed by atoms with Crippen LogP contribution in [0.15, 0.2) is 42.5 Å². The normalized spacial score (nSPS) is 13.4. The monoisotopic (exact) mass is 390 g/mol. The Balaban J connectivity index is 1.68. The van der Waals surface area contributed by atoms with E-state index >= 15 is 0 Å². The number of fused-ring (bicyclic) bond motifs is 1. The van der Waals surface area contributed by atoms with Gasteiger partial charge in [-0.05, 0) is 37.3 Å². The van der Waals surface area contributed by atoms with E-state index in [-0.39, 0.29) is 11.9 Å². The number of nitrogens with one attached hydrogen (secondary N) is 2. The number of likely N-dealkylation sites (N-methyl/N-ethyl adjacent to an activating group) is 1. The van der Waals surface area contributed by atoms with Crippen molar-refractivity contribution < 1.29 is 14.4 Å². The van der Waals surface area contributed by atoms with Crippen LogP contribution < -0.4 is 15.0 Å². The average Bonchev–Trinajstić information content (AvgIpc) is 3.05. The zero-order valence-corrected chi connectivity index (χ0v) is 16.4. The van der Waals surface area contributed by atoms with Crippen LogP contribution in [0.2, 0.25) is 5.02 Å². The number of methoxy groups -OCH3 is 1. The molecule has 3 rings (SSSR count). The van der Waals surface area contributed by atoms with Crippen molar-refractivity contribution >= 4 is 44.7 Å². The Bertz CT molecular complexity index is 895. The summed E-state index contributed by atoms with van der Waals surface area (Å²) >= 11 is 7.68. The van der Waals surface area contributed by atoms with Crippen molar-refractivity contribution in [3.05, 3.63) is 52.5 Å². The molecule has 0 aliphatic rings. The highest BCUT2D eigenvalue weighted by Gasteiger charge is 2.22. The SMILES string of the molecule is COc1ccc(Cl)cc1NC(=O)C[NH+](C)[C@H](C)c1nc2ccccc2s1. The predicted octanol–water partition coefficient (Wildman–Crippen LogP) is 3.17. The molecule has 1 unspecified atom stereocenters. The number of ether oxygens (including phenoxy) is 1. The first-order valence-corrected chi connectivity index (χ1v) is 9.48. The second-order valence-corrected chi connectivity index (χ2v) is 7.66. The van der Waals surface area contributed by atoms with Crippen LogP contribution in [0.1, 0.15) is 18.0 Å². The van der Waals surface area contributed by atoms with Gasteiger partial charge in [0.1, 0.15) is 11.8 Å². The summed E-state index contributed by atoms with van der Waals surface area (Å²) in [4.78, 5) is 18.2. The van der Waals surface area contributed by atoms with Gasteiger partial charge in [-0.25, -0.2) is 4.98 Å². The number of carbonyl (C=O) groups excluding carboxylic acids is 1. The lowest BCUT2D eigenvalue weighted by molar-refractivity contribution is -0.902. The van der Waals surface area contributed by atoms with Crippen molar-refractivity contribution in [3.63, 3.8) is 0 Å². The Kier molecular flexibility index (Phi) is 5.76. The van der Waals surface area contributed by atoms with E-state index in [0.717, 1.165) is 20.1 Å². The van der Waals surface area contributed by atoms with Crippen molar-refractivity contribution in [1.29, 1.82) is 0 Å². The molecule has 1 heterocycles. The maximum absolute atomic E-state index is 12.5. The van der Waals surface area contributed by atoms with Gasteiger partial charge in [0.15, 0.2) is 11.6 Å². The number of quaternary nitrogens is 1. The van der Waals surface area contributed by atoms with Gasteiger partial charge in [-0.15, -0.1) is 11.3 Å². The highest BCUT2D eigenvalue weighted by Crippen LogP contribution is 2.27. The van der Waals surface area contributed by atoms with Gasteiger partial charge < -0.3 is 15.0 Å². The Morgan fingerprint density at radius 1 is 1.35 bits per heavy atom. The second kappa shape index (κ2) is 8.03. The van der Waals surface area contributed by atoms with Gasteiger partial charge in [-0.3, -0.25) is 4.79 Å². The number of amides is 1. The minimum absolute atomic E-state index is 0.101. The molecule has 0 radical (unpaired) electrons. The molecule has 0 fully saturated rings. The van der Waals surface area contributed by atoms with E-state index in [1.807, 2.05) is 25.2 Å². The van der Waals surface area contributed by atoms with Crippen LogP contribution in [-0.2, 0) is 4.79 Å². The molecule has 5 nitrogen and oxygen atoms in total. The lowest BCUT2D eigenvalue weighted by atomic mass is 10.2. The summed E-state index contributed by atoms with van der Waals surface area (Å²) in [6, 6.07) is 13.3. The third kappa shape index (κ3) is 4.15. The number of rotatable bonds is 6. The van der Waals surface area contributed by atoms with Gasteiger partial charge in [0.2, 0.25) is 0 Å². The highest BCUT2D eigenvalue weighted by molar-refractivity contribution is 7.18. The Morgan fingerprint density at radius 2 is 2.12 bits per heavy atom. The van der Waals surface area contributed by atoms with Crippen LogP contribution in [0.25, 0.3) is 10.2 Å². The number of aromatic nitrogens is 1. The highest BCUT2D eigenvalue weighted by atomic mass is 35.5. The minimum atomic E-state index is -0.101. The van der Waals surface area contributed by atoms with E-state index in [0.29, 0.717) is 23.0 Å². The lowest BCUT2D eigenvalue weighted by Gasteiger charge is -2.19. The summed E-state index contributed by atoms with van der Waals surface area (Å²) < 4.78 is 6.43. The summed E-state index contributed by atoms with van der Waals surface area (Å²) in [6.07, 6.45) is 0. The zero-order chi connectivity index (χ0) is 18.7. The van der Waals surface area contributed by atoms with Crippen LogP contribution in [0, 0.1) is 0 Å². The first-order chi connectivity index (χ1) is 12.5. The molecule has 0 spiro atoms. The van der Waals surface area contributed by atoms with Gasteiger partial charge in [-0.1, -0.05) is 23.7 Å². The van der Waals surface area contributed by atoms with E-state index in [1.165, 1.54) is 0 Å². The summed E-state index contributed by atoms with van der Waals surface area (Å²) in [5.41, 5.74) is 1.57. The molecule has 1 amide bonds. The molecule has 3 aromatic rings. The fourth-order valence-corrected chi connectivity index (χ4v) is 3.95. The molecule has 7 heteroatoms. The number of hydrogen-bond acceptors (Lipinski definition) is 4. The lowest BCUT2D eigenvalue weighted by Crippen LogP contribution is -3.10. The van der Waals surface area contributed by atoms with E-state index in [9.17, 15) is 4.79 Å². The third-order valence-electron chi connectivity index (χ3n) is 4.30. The largest absolute Gasteiger partial charge is 0.495 e. The molecule has 0 aliphatic heterocycles. The maximum Gasteiger partial charge on any atom is 0.279 e. The number of hydrogen-bond donors (Lipinski definition) is 2. The number of anilines is 1. The average molecular weight is 391 g/mol. The van der Waals surface area contributed by atoms with Gasteiger partial charge in [0.25, 0.3) is 5.91 Å². The van der Waals surface area contributed by atoms with Gasteiger partial charge in [-0.2, -0.15) is 0 Å². The summed E-state index contributed by atoms with van der Waals surface area (Å²) in [6.45, 7) is 2.40. The van der Waals surface area contributed by atoms with Crippen LogP contribution >= 0.6 is 22.9 Å². The van der Waals surface area contributed by atoms with Crippen molar-refractivity contribution in [3.8, 4) is 5.75 Å². The fourth-order valence-electron chi connectivity index (χ4n) is 2.66. The van der Waals surface area contributed by atoms with Crippen LogP contribution in [0.3, 0.4) is 0 Å². The first kappa shape index (κ1) is 18.6. The molecule has 0 saturated heterocycles. The summed E-state index contributed by atoms with van der Waals surface area (Å²) in [7, 11) is 3.55. The van der Waals surface area contributed by atoms with Crippen LogP contribution in [0.5, 0.6) is 5.75 Å². The first-order valence-electron chi connectivity index (χ1n) is 8.29. The van der Waals surface area contributed by atoms with Crippen molar-refractivity contribution in [2.45, 2.75) is 13.0 Å². The standard InChI is InChI=1S/C19H20ClN3O2S/c1-12(19-22-14-6-4-5-7-17(14)26-19)23(2)11-18(24)21-15-10-13(20)8-9-16(15)25-3/h4-10,12H,11H2,1-3H3,(H,21,24)/p+1/t12-/m1/s1. The van der Waals surface area contributed by atoms with E-state index in [4.69, 9.17) is 21.3 Å². The molecule has 1 aromatic heterocycles. The number of carbonyl (C=O) groups is 1. The van der Waals surface area contributed by atoms with Crippen LogP contribution in [-0.4, -0.2) is 31.6 Å². The zero-order valence-electron chi connectivity index (χ0n) is 14.9. The fraction of sp³-hybridized carbons (Fsp3) is 0.263. The molecule has 136 valence electrons. The summed E-state index contributed by atoms with van der Waals surface area (Å²) in [5, 5.41) is 4.45. The molecule has 2 N–H and O–H groups in total. The molecular weight excluding hydrogens is 370 g/mol. The molecular formula is C19H21ClN3O2S+. The Hall–Kier alpha value is -2.15.